The zero-order chi connectivity index (χ0) is 17.9. The van der Waals surface area contributed by atoms with Crippen LogP contribution in [0.3, 0.4) is 0 Å². The maximum absolute atomic E-state index is 6.01. The van der Waals surface area contributed by atoms with E-state index in [-0.39, 0.29) is 30.0 Å². The number of nitrogens with zero attached hydrogens (tertiary/aromatic N) is 2. The van der Waals surface area contributed by atoms with Crippen LogP contribution in [-0.4, -0.2) is 57.8 Å². The van der Waals surface area contributed by atoms with Crippen molar-refractivity contribution >= 4 is 29.9 Å². The summed E-state index contributed by atoms with van der Waals surface area (Å²) >= 11 is 0. The van der Waals surface area contributed by atoms with Crippen molar-refractivity contribution in [2.45, 2.75) is 50.7 Å². The summed E-state index contributed by atoms with van der Waals surface area (Å²) in [6.07, 6.45) is 9.90. The van der Waals surface area contributed by atoms with Gasteiger partial charge in [0.25, 0.3) is 0 Å². The van der Waals surface area contributed by atoms with Crippen LogP contribution in [-0.2, 0) is 4.74 Å². The van der Waals surface area contributed by atoms with Crippen LogP contribution < -0.4 is 10.6 Å². The lowest BCUT2D eigenvalue weighted by atomic mass is 10.1. The molecule has 2 rings (SSSR count). The van der Waals surface area contributed by atoms with E-state index < -0.39 is 0 Å². The van der Waals surface area contributed by atoms with Crippen LogP contribution in [0.4, 0.5) is 0 Å². The first-order valence-electron chi connectivity index (χ1n) is 9.46. The molecule has 1 atom stereocenters. The van der Waals surface area contributed by atoms with E-state index in [2.05, 4.69) is 20.5 Å². The van der Waals surface area contributed by atoms with E-state index in [1.165, 1.54) is 38.5 Å². The standard InChI is InChI=1S/C19H34N4O2.HI/c1-20-19(21-12-14-24-16-9-6-4-5-7-10-16)22-15-17(23(2)3)18-11-8-13-25-18;/h8,11,13,16-17H,4-7,9-10,12,14-15H2,1-3H3,(H2,20,21,22);1H. The molecule has 0 amide bonds. The summed E-state index contributed by atoms with van der Waals surface area (Å²) in [5.41, 5.74) is 0. The van der Waals surface area contributed by atoms with Gasteiger partial charge in [-0.15, -0.1) is 24.0 Å². The van der Waals surface area contributed by atoms with Crippen molar-refractivity contribution in [2.75, 3.05) is 40.8 Å². The van der Waals surface area contributed by atoms with Crippen LogP contribution in [0.15, 0.2) is 27.8 Å². The van der Waals surface area contributed by atoms with Gasteiger partial charge in [-0.25, -0.2) is 0 Å². The number of furan rings is 1. The van der Waals surface area contributed by atoms with Gasteiger partial charge in [0.05, 0.1) is 25.0 Å². The van der Waals surface area contributed by atoms with Gasteiger partial charge < -0.3 is 19.8 Å². The average Bonchev–Trinajstić information content (AvgIpc) is 3.00. The Bertz CT molecular complexity index is 486. The Morgan fingerprint density at radius 2 is 2.00 bits per heavy atom. The number of aliphatic imine (C=N–C) groups is 1. The Balaban J connectivity index is 0.00000338. The van der Waals surface area contributed by atoms with Gasteiger partial charge in [0.15, 0.2) is 5.96 Å². The average molecular weight is 478 g/mol. The van der Waals surface area contributed by atoms with Crippen LogP contribution in [0.25, 0.3) is 0 Å². The smallest absolute Gasteiger partial charge is 0.191 e. The number of nitrogens with one attached hydrogen (secondary N) is 2. The summed E-state index contributed by atoms with van der Waals surface area (Å²) < 4.78 is 11.5. The normalized spacial score (nSPS) is 17.5. The van der Waals surface area contributed by atoms with Crippen molar-refractivity contribution in [3.05, 3.63) is 24.2 Å². The minimum Gasteiger partial charge on any atom is -0.468 e. The second-order valence-electron chi connectivity index (χ2n) is 6.86. The summed E-state index contributed by atoms with van der Waals surface area (Å²) in [5.74, 6) is 1.74. The van der Waals surface area contributed by atoms with E-state index in [1.807, 2.05) is 26.2 Å². The largest absolute Gasteiger partial charge is 0.468 e. The van der Waals surface area contributed by atoms with Gasteiger partial charge >= 0.3 is 0 Å². The fourth-order valence-corrected chi connectivity index (χ4v) is 3.24. The highest BCUT2D eigenvalue weighted by atomic mass is 127. The second kappa shape index (κ2) is 13.4. The topological polar surface area (TPSA) is 62.0 Å². The van der Waals surface area contributed by atoms with E-state index in [0.29, 0.717) is 6.10 Å². The molecule has 1 aliphatic carbocycles. The van der Waals surface area contributed by atoms with E-state index in [4.69, 9.17) is 9.15 Å². The first-order chi connectivity index (χ1) is 12.2. The molecule has 2 N–H and O–H groups in total. The molecule has 0 saturated heterocycles. The lowest BCUT2D eigenvalue weighted by molar-refractivity contribution is 0.0468. The highest BCUT2D eigenvalue weighted by Gasteiger charge is 2.17. The Labute approximate surface area is 175 Å². The molecule has 0 radical (unpaired) electrons. The minimum atomic E-state index is 0. The summed E-state index contributed by atoms with van der Waals surface area (Å²) in [7, 11) is 5.89. The molecule has 6 nitrogen and oxygen atoms in total. The maximum atomic E-state index is 6.01. The number of guanidine groups is 1. The number of hydrogen-bond donors (Lipinski definition) is 2. The Hall–Kier alpha value is -0.800. The van der Waals surface area contributed by atoms with Crippen molar-refractivity contribution in [3.63, 3.8) is 0 Å². The number of halogens is 1. The molecule has 1 fully saturated rings. The molecule has 1 aromatic heterocycles. The quantitative estimate of drug-likeness (QED) is 0.197. The molecule has 0 bridgehead atoms. The van der Waals surface area contributed by atoms with Gasteiger partial charge in [0.2, 0.25) is 0 Å². The van der Waals surface area contributed by atoms with Gasteiger partial charge in [0.1, 0.15) is 5.76 Å². The zero-order valence-corrected chi connectivity index (χ0v) is 18.7. The van der Waals surface area contributed by atoms with Crippen molar-refractivity contribution in [2.24, 2.45) is 4.99 Å². The third kappa shape index (κ3) is 8.26. The summed E-state index contributed by atoms with van der Waals surface area (Å²) in [5, 5.41) is 6.70. The van der Waals surface area contributed by atoms with Crippen LogP contribution >= 0.6 is 24.0 Å². The maximum Gasteiger partial charge on any atom is 0.191 e. The predicted molar refractivity (Wildman–Crippen MR) is 117 cm³/mol. The van der Waals surface area contributed by atoms with Crippen LogP contribution in [0.1, 0.15) is 50.3 Å². The highest BCUT2D eigenvalue weighted by molar-refractivity contribution is 14.0. The Kier molecular flexibility index (Phi) is 12.0. The lowest BCUT2D eigenvalue weighted by Crippen LogP contribution is -2.42. The van der Waals surface area contributed by atoms with E-state index in [1.54, 1.807) is 13.3 Å². The Morgan fingerprint density at radius 1 is 1.27 bits per heavy atom. The number of ether oxygens (including phenoxy) is 1. The lowest BCUT2D eigenvalue weighted by Gasteiger charge is -2.24. The first-order valence-corrected chi connectivity index (χ1v) is 9.46. The predicted octanol–water partition coefficient (Wildman–Crippen LogP) is 3.40. The molecule has 150 valence electrons. The summed E-state index contributed by atoms with van der Waals surface area (Å²) in [6, 6.07) is 4.09. The molecule has 1 heterocycles. The number of rotatable bonds is 8. The van der Waals surface area contributed by atoms with Crippen LogP contribution in [0.2, 0.25) is 0 Å². The van der Waals surface area contributed by atoms with E-state index in [0.717, 1.165) is 31.4 Å². The van der Waals surface area contributed by atoms with Crippen molar-refractivity contribution in [1.29, 1.82) is 0 Å². The molecule has 1 saturated carbocycles. The summed E-state index contributed by atoms with van der Waals surface area (Å²) in [6.45, 7) is 2.22. The molecule has 1 aliphatic rings. The van der Waals surface area contributed by atoms with Crippen LogP contribution in [0, 0.1) is 0 Å². The third-order valence-corrected chi connectivity index (χ3v) is 4.73. The van der Waals surface area contributed by atoms with Crippen molar-refractivity contribution < 1.29 is 9.15 Å². The molecule has 0 spiro atoms. The second-order valence-corrected chi connectivity index (χ2v) is 6.86. The SMILES string of the molecule is CN=C(NCCOC1CCCCCC1)NCC(c1ccco1)N(C)C.I. The van der Waals surface area contributed by atoms with Gasteiger partial charge in [-0.2, -0.15) is 0 Å². The monoisotopic (exact) mass is 478 g/mol. The number of hydrogen-bond acceptors (Lipinski definition) is 4. The minimum absolute atomic E-state index is 0. The Morgan fingerprint density at radius 3 is 2.58 bits per heavy atom. The molecule has 0 aromatic carbocycles. The van der Waals surface area contributed by atoms with Gasteiger partial charge in [-0.05, 0) is 39.1 Å². The molecular weight excluding hydrogens is 443 g/mol. The van der Waals surface area contributed by atoms with E-state index >= 15 is 0 Å². The van der Waals surface area contributed by atoms with Gasteiger partial charge in [0, 0.05) is 20.1 Å². The van der Waals surface area contributed by atoms with Crippen molar-refractivity contribution in [1.82, 2.24) is 15.5 Å². The molecule has 1 aromatic rings. The fourth-order valence-electron chi connectivity index (χ4n) is 3.24. The zero-order valence-electron chi connectivity index (χ0n) is 16.4. The molecule has 26 heavy (non-hydrogen) atoms. The molecule has 7 heteroatoms. The van der Waals surface area contributed by atoms with Gasteiger partial charge in [-0.1, -0.05) is 25.7 Å². The van der Waals surface area contributed by atoms with Gasteiger partial charge in [-0.3, -0.25) is 9.89 Å². The third-order valence-electron chi connectivity index (χ3n) is 4.73. The molecule has 1 unspecified atom stereocenters. The van der Waals surface area contributed by atoms with E-state index in [9.17, 15) is 0 Å². The molecule has 0 aliphatic heterocycles. The molecular formula is C19H35IN4O2. The summed E-state index contributed by atoms with van der Waals surface area (Å²) in [4.78, 5) is 6.42. The van der Waals surface area contributed by atoms with Crippen LogP contribution in [0.5, 0.6) is 0 Å². The fraction of sp³-hybridized carbons (Fsp3) is 0.737. The highest BCUT2D eigenvalue weighted by Crippen LogP contribution is 2.19. The number of likely N-dealkylation sites (N-methyl/N-ethyl adjacent to an activating group) is 1. The first kappa shape index (κ1) is 23.2. The van der Waals surface area contributed by atoms with Crippen molar-refractivity contribution in [3.8, 4) is 0 Å².